The fourth-order valence-electron chi connectivity index (χ4n) is 2.84. The minimum Gasteiger partial charge on any atom is -0.490 e. The molecule has 1 amide bonds. The number of amides is 1. The van der Waals surface area contributed by atoms with Gasteiger partial charge in [-0.3, -0.25) is 9.69 Å². The van der Waals surface area contributed by atoms with E-state index >= 15 is 0 Å². The number of thiocarbonyl (C=S) groups is 1. The molecule has 0 radical (unpaired) electrons. The highest BCUT2D eigenvalue weighted by atomic mass is 127. The standard InChI is InChI=1S/C21H20ClIN2O3S/c1-3-25-20(26)17(24-21(25)29)10-14-9-16(23)19(18(11-14)27-4-2)28-12-13-5-7-15(22)8-6-13/h5-11H,3-4,12H2,1-2H3,(H,24,29)/b17-10-. The predicted molar refractivity (Wildman–Crippen MR) is 127 cm³/mol. The van der Waals surface area contributed by atoms with E-state index in [1.165, 1.54) is 4.90 Å². The lowest BCUT2D eigenvalue weighted by molar-refractivity contribution is -0.122. The molecule has 2 aromatic carbocycles. The van der Waals surface area contributed by atoms with Crippen LogP contribution in [0.5, 0.6) is 11.5 Å². The summed E-state index contributed by atoms with van der Waals surface area (Å²) >= 11 is 13.4. The van der Waals surface area contributed by atoms with Gasteiger partial charge in [0.2, 0.25) is 0 Å². The SMILES string of the molecule is CCOc1cc(/C=C2\NC(=S)N(CC)C2=O)cc(I)c1OCc1ccc(Cl)cc1. The molecule has 0 bridgehead atoms. The van der Waals surface area contributed by atoms with Crippen LogP contribution >= 0.6 is 46.4 Å². The fraction of sp³-hybridized carbons (Fsp3) is 0.238. The minimum absolute atomic E-state index is 0.131. The average molecular weight is 543 g/mol. The van der Waals surface area contributed by atoms with Crippen molar-refractivity contribution >= 4 is 63.5 Å². The summed E-state index contributed by atoms with van der Waals surface area (Å²) in [6.07, 6.45) is 1.78. The molecule has 3 rings (SSSR count). The number of likely N-dealkylation sites (N-methyl/N-ethyl adjacent to an activating group) is 1. The van der Waals surface area contributed by atoms with Crippen molar-refractivity contribution < 1.29 is 14.3 Å². The average Bonchev–Trinajstić information content (AvgIpc) is 2.95. The molecular weight excluding hydrogens is 523 g/mol. The van der Waals surface area contributed by atoms with Crippen molar-refractivity contribution in [2.24, 2.45) is 0 Å². The fourth-order valence-corrected chi connectivity index (χ4v) is 4.06. The molecule has 152 valence electrons. The molecule has 0 aromatic heterocycles. The Morgan fingerprint density at radius 2 is 1.93 bits per heavy atom. The number of ether oxygens (including phenoxy) is 2. The third-order valence-corrected chi connectivity index (χ3v) is 5.59. The highest BCUT2D eigenvalue weighted by molar-refractivity contribution is 14.1. The van der Waals surface area contributed by atoms with Crippen LogP contribution in [0.15, 0.2) is 42.1 Å². The van der Waals surface area contributed by atoms with E-state index in [0.717, 1.165) is 14.7 Å². The van der Waals surface area contributed by atoms with Crippen LogP contribution in [-0.4, -0.2) is 29.1 Å². The Morgan fingerprint density at radius 3 is 2.55 bits per heavy atom. The van der Waals surface area contributed by atoms with Crippen molar-refractivity contribution in [3.63, 3.8) is 0 Å². The van der Waals surface area contributed by atoms with Gasteiger partial charge in [-0.05, 0) is 90.1 Å². The molecule has 0 aliphatic carbocycles. The molecule has 29 heavy (non-hydrogen) atoms. The molecule has 0 spiro atoms. The Bertz CT molecular complexity index is 963. The molecule has 0 unspecified atom stereocenters. The Balaban J connectivity index is 1.86. The number of benzene rings is 2. The van der Waals surface area contributed by atoms with Gasteiger partial charge in [0.25, 0.3) is 5.91 Å². The predicted octanol–water partition coefficient (Wildman–Crippen LogP) is 5.00. The third kappa shape index (κ3) is 5.21. The maximum atomic E-state index is 12.4. The van der Waals surface area contributed by atoms with Crippen molar-refractivity contribution in [1.82, 2.24) is 10.2 Å². The van der Waals surface area contributed by atoms with E-state index in [9.17, 15) is 4.79 Å². The zero-order valence-corrected chi connectivity index (χ0v) is 19.7. The number of hydrogen-bond acceptors (Lipinski definition) is 4. The minimum atomic E-state index is -0.131. The molecule has 0 atom stereocenters. The van der Waals surface area contributed by atoms with Gasteiger partial charge in [-0.2, -0.15) is 0 Å². The number of rotatable bonds is 7. The summed E-state index contributed by atoms with van der Waals surface area (Å²) in [4.78, 5) is 14.0. The summed E-state index contributed by atoms with van der Waals surface area (Å²) < 4.78 is 12.7. The first-order valence-corrected chi connectivity index (χ1v) is 11.0. The van der Waals surface area contributed by atoms with E-state index in [1.807, 2.05) is 50.2 Å². The van der Waals surface area contributed by atoms with Gasteiger partial charge >= 0.3 is 0 Å². The molecule has 1 aliphatic rings. The van der Waals surface area contributed by atoms with Gasteiger partial charge in [0.05, 0.1) is 10.2 Å². The molecule has 1 saturated heterocycles. The highest BCUT2D eigenvalue weighted by Gasteiger charge is 2.29. The maximum Gasteiger partial charge on any atom is 0.276 e. The molecular formula is C21H20ClIN2O3S. The van der Waals surface area contributed by atoms with Gasteiger partial charge in [0.1, 0.15) is 12.3 Å². The van der Waals surface area contributed by atoms with Gasteiger partial charge in [0, 0.05) is 11.6 Å². The number of nitrogens with one attached hydrogen (secondary N) is 1. The molecule has 1 aliphatic heterocycles. The zero-order valence-electron chi connectivity index (χ0n) is 16.0. The van der Waals surface area contributed by atoms with Crippen LogP contribution in [0.2, 0.25) is 5.02 Å². The summed E-state index contributed by atoms with van der Waals surface area (Å²) in [5.41, 5.74) is 2.28. The second-order valence-electron chi connectivity index (χ2n) is 6.22. The number of carbonyl (C=O) groups is 1. The molecule has 2 aromatic rings. The monoisotopic (exact) mass is 542 g/mol. The van der Waals surface area contributed by atoms with Crippen molar-refractivity contribution in [3.8, 4) is 11.5 Å². The van der Waals surface area contributed by atoms with E-state index in [0.29, 0.717) is 47.1 Å². The van der Waals surface area contributed by atoms with E-state index in [2.05, 4.69) is 27.9 Å². The molecule has 1 heterocycles. The van der Waals surface area contributed by atoms with Crippen molar-refractivity contribution in [2.45, 2.75) is 20.5 Å². The summed E-state index contributed by atoms with van der Waals surface area (Å²) in [7, 11) is 0. The van der Waals surface area contributed by atoms with Gasteiger partial charge in [-0.1, -0.05) is 23.7 Å². The van der Waals surface area contributed by atoms with Gasteiger partial charge in [-0.25, -0.2) is 0 Å². The van der Waals surface area contributed by atoms with Gasteiger partial charge in [0.15, 0.2) is 16.6 Å². The van der Waals surface area contributed by atoms with Gasteiger partial charge < -0.3 is 14.8 Å². The summed E-state index contributed by atoms with van der Waals surface area (Å²) in [6.45, 7) is 5.23. The summed E-state index contributed by atoms with van der Waals surface area (Å²) in [5, 5.41) is 4.08. The zero-order chi connectivity index (χ0) is 21.0. The lowest BCUT2D eigenvalue weighted by atomic mass is 10.1. The molecule has 1 N–H and O–H groups in total. The van der Waals surface area contributed by atoms with Crippen molar-refractivity contribution in [1.29, 1.82) is 0 Å². The van der Waals surface area contributed by atoms with Crippen molar-refractivity contribution in [3.05, 3.63) is 61.8 Å². The van der Waals surface area contributed by atoms with E-state index < -0.39 is 0 Å². The van der Waals surface area contributed by atoms with Crippen LogP contribution in [0, 0.1) is 3.57 Å². The second kappa shape index (κ2) is 9.77. The molecule has 0 saturated carbocycles. The van der Waals surface area contributed by atoms with Crippen LogP contribution in [0.4, 0.5) is 0 Å². The van der Waals surface area contributed by atoms with E-state index in [-0.39, 0.29) is 5.91 Å². The molecule has 8 heteroatoms. The molecule has 1 fully saturated rings. The van der Waals surface area contributed by atoms with Crippen LogP contribution < -0.4 is 14.8 Å². The normalized spacial score (nSPS) is 15.0. The smallest absolute Gasteiger partial charge is 0.276 e. The van der Waals surface area contributed by atoms with E-state index in [1.54, 1.807) is 6.08 Å². The maximum absolute atomic E-state index is 12.4. The quantitative estimate of drug-likeness (QED) is 0.303. The Hall–Kier alpha value is -1.84. The van der Waals surface area contributed by atoms with Gasteiger partial charge in [-0.15, -0.1) is 0 Å². The highest BCUT2D eigenvalue weighted by Crippen LogP contribution is 2.35. The first-order valence-electron chi connectivity index (χ1n) is 9.11. The van der Waals surface area contributed by atoms with Crippen LogP contribution in [0.1, 0.15) is 25.0 Å². The van der Waals surface area contributed by atoms with E-state index in [4.69, 9.17) is 33.3 Å². The first kappa shape index (κ1) is 21.9. The Morgan fingerprint density at radius 1 is 1.21 bits per heavy atom. The Labute approximate surface area is 194 Å². The molecule has 5 nitrogen and oxygen atoms in total. The summed E-state index contributed by atoms with van der Waals surface area (Å²) in [6, 6.07) is 11.3. The number of halogens is 2. The van der Waals surface area contributed by atoms with Crippen LogP contribution in [0.25, 0.3) is 6.08 Å². The largest absolute Gasteiger partial charge is 0.490 e. The number of carbonyl (C=O) groups excluding carboxylic acids is 1. The van der Waals surface area contributed by atoms with Crippen molar-refractivity contribution in [2.75, 3.05) is 13.2 Å². The van der Waals surface area contributed by atoms with Crippen LogP contribution in [0.3, 0.4) is 0 Å². The number of nitrogens with zero attached hydrogens (tertiary/aromatic N) is 1. The lowest BCUT2D eigenvalue weighted by Gasteiger charge is -2.15. The summed E-state index contributed by atoms with van der Waals surface area (Å²) in [5.74, 6) is 1.16. The third-order valence-electron chi connectivity index (χ3n) is 4.22. The second-order valence-corrected chi connectivity index (χ2v) is 8.20. The topological polar surface area (TPSA) is 50.8 Å². The first-order chi connectivity index (χ1) is 13.9. The van der Waals surface area contributed by atoms with Crippen LogP contribution in [-0.2, 0) is 11.4 Å². The lowest BCUT2D eigenvalue weighted by Crippen LogP contribution is -2.30. The number of hydrogen-bond donors (Lipinski definition) is 1. The Kier molecular flexibility index (Phi) is 7.37.